The van der Waals surface area contributed by atoms with Gasteiger partial charge >= 0.3 is 0 Å². The van der Waals surface area contributed by atoms with Gasteiger partial charge in [-0.2, -0.15) is 0 Å². The van der Waals surface area contributed by atoms with E-state index in [-0.39, 0.29) is 5.82 Å². The molecule has 0 unspecified atom stereocenters. The molecule has 2 aromatic rings. The Hall–Kier alpha value is -1.49. The first-order valence-electron chi connectivity index (χ1n) is 6.62. The number of aryl methyl sites for hydroxylation is 1. The number of hydrogen-bond donors (Lipinski definition) is 1. The molecule has 104 valence electrons. The minimum absolute atomic E-state index is 0.268. The molecule has 0 bridgehead atoms. The Kier molecular flexibility index (Phi) is 3.46. The highest BCUT2D eigenvalue weighted by Crippen LogP contribution is 2.44. The molecule has 0 atom stereocenters. The van der Waals surface area contributed by atoms with E-state index in [2.05, 4.69) is 31.2 Å². The number of benzene rings is 1. The molecule has 0 radical (unpaired) electrons. The first kappa shape index (κ1) is 13.5. The summed E-state index contributed by atoms with van der Waals surface area (Å²) >= 11 is 3.56. The molecule has 20 heavy (non-hydrogen) atoms. The van der Waals surface area contributed by atoms with Crippen LogP contribution < -0.4 is 5.32 Å². The van der Waals surface area contributed by atoms with E-state index in [0.29, 0.717) is 11.7 Å². The van der Waals surface area contributed by atoms with E-state index in [1.54, 1.807) is 6.07 Å². The molecule has 0 spiro atoms. The van der Waals surface area contributed by atoms with Crippen molar-refractivity contribution in [3.8, 4) is 11.4 Å². The van der Waals surface area contributed by atoms with Crippen molar-refractivity contribution in [2.24, 2.45) is 0 Å². The van der Waals surface area contributed by atoms with Crippen molar-refractivity contribution in [2.45, 2.75) is 25.7 Å². The fourth-order valence-corrected chi connectivity index (χ4v) is 2.91. The van der Waals surface area contributed by atoms with Gasteiger partial charge in [-0.1, -0.05) is 6.07 Å². The summed E-state index contributed by atoms with van der Waals surface area (Å²) in [5, 5.41) is 3.07. The smallest absolute Gasteiger partial charge is 0.162 e. The van der Waals surface area contributed by atoms with E-state index in [1.807, 2.05) is 14.0 Å². The highest BCUT2D eigenvalue weighted by atomic mass is 79.9. The monoisotopic (exact) mass is 335 g/mol. The van der Waals surface area contributed by atoms with Gasteiger partial charge in [0, 0.05) is 18.5 Å². The average molecular weight is 336 g/mol. The van der Waals surface area contributed by atoms with Gasteiger partial charge in [-0.05, 0) is 53.4 Å². The van der Waals surface area contributed by atoms with Crippen LogP contribution >= 0.6 is 15.9 Å². The van der Waals surface area contributed by atoms with Gasteiger partial charge < -0.3 is 5.32 Å². The topological polar surface area (TPSA) is 37.8 Å². The highest BCUT2D eigenvalue weighted by molar-refractivity contribution is 9.10. The van der Waals surface area contributed by atoms with Crippen molar-refractivity contribution >= 4 is 21.7 Å². The summed E-state index contributed by atoms with van der Waals surface area (Å²) in [5.74, 6) is 1.56. The van der Waals surface area contributed by atoms with Crippen molar-refractivity contribution in [2.75, 3.05) is 12.4 Å². The lowest BCUT2D eigenvalue weighted by molar-refractivity contribution is 0.627. The van der Waals surface area contributed by atoms with Gasteiger partial charge in [-0.25, -0.2) is 14.4 Å². The summed E-state index contributed by atoms with van der Waals surface area (Å²) < 4.78 is 14.4. The van der Waals surface area contributed by atoms with Crippen LogP contribution in [0.5, 0.6) is 0 Å². The van der Waals surface area contributed by atoms with Crippen molar-refractivity contribution in [1.29, 1.82) is 0 Å². The highest BCUT2D eigenvalue weighted by Gasteiger charge is 2.29. The molecule has 1 aromatic heterocycles. The van der Waals surface area contributed by atoms with Crippen LogP contribution in [-0.2, 0) is 0 Å². The summed E-state index contributed by atoms with van der Waals surface area (Å²) in [5.41, 5.74) is 2.73. The molecule has 1 saturated carbocycles. The second kappa shape index (κ2) is 5.13. The van der Waals surface area contributed by atoms with Crippen LogP contribution in [0.1, 0.15) is 30.0 Å². The van der Waals surface area contributed by atoms with Crippen LogP contribution in [0, 0.1) is 12.7 Å². The van der Waals surface area contributed by atoms with Gasteiger partial charge in [0.25, 0.3) is 0 Å². The maximum Gasteiger partial charge on any atom is 0.162 e. The van der Waals surface area contributed by atoms with E-state index in [0.717, 1.165) is 40.0 Å². The second-order valence-electron chi connectivity index (χ2n) is 5.08. The van der Waals surface area contributed by atoms with Gasteiger partial charge in [0.1, 0.15) is 11.6 Å². The van der Waals surface area contributed by atoms with Gasteiger partial charge in [0.05, 0.1) is 10.2 Å². The van der Waals surface area contributed by atoms with Gasteiger partial charge in [-0.3, -0.25) is 0 Å². The largest absolute Gasteiger partial charge is 0.372 e. The predicted molar refractivity (Wildman–Crippen MR) is 81.4 cm³/mol. The second-order valence-corrected chi connectivity index (χ2v) is 5.87. The molecular weight excluding hydrogens is 321 g/mol. The Morgan fingerprint density at radius 1 is 1.30 bits per heavy atom. The maximum absolute atomic E-state index is 13.5. The molecule has 1 aromatic carbocycles. The van der Waals surface area contributed by atoms with E-state index in [4.69, 9.17) is 0 Å². The normalized spacial score (nSPS) is 14.4. The Morgan fingerprint density at radius 3 is 2.70 bits per heavy atom. The molecule has 1 fully saturated rings. The zero-order valence-corrected chi connectivity index (χ0v) is 13.0. The van der Waals surface area contributed by atoms with Crippen molar-refractivity contribution < 1.29 is 4.39 Å². The zero-order chi connectivity index (χ0) is 14.3. The predicted octanol–water partition coefficient (Wildman–Crippen LogP) is 4.27. The lowest BCUT2D eigenvalue weighted by atomic mass is 10.1. The summed E-state index contributed by atoms with van der Waals surface area (Å²) in [6, 6.07) is 4.71. The third kappa shape index (κ3) is 2.42. The average Bonchev–Trinajstić information content (AvgIpc) is 3.26. The Balaban J connectivity index is 2.18. The maximum atomic E-state index is 13.5. The number of nitrogens with zero attached hydrogens (tertiary/aromatic N) is 2. The third-order valence-corrected chi connectivity index (χ3v) is 4.30. The van der Waals surface area contributed by atoms with E-state index >= 15 is 0 Å². The summed E-state index contributed by atoms with van der Waals surface area (Å²) in [7, 11) is 1.83. The van der Waals surface area contributed by atoms with Crippen LogP contribution in [0.2, 0.25) is 0 Å². The van der Waals surface area contributed by atoms with Crippen LogP contribution in [0.25, 0.3) is 11.4 Å². The third-order valence-electron chi connectivity index (χ3n) is 3.52. The Bertz CT molecular complexity index is 668. The lowest BCUT2D eigenvalue weighted by Crippen LogP contribution is -2.03. The number of rotatable bonds is 3. The zero-order valence-electron chi connectivity index (χ0n) is 11.4. The Morgan fingerprint density at radius 2 is 2.05 bits per heavy atom. The molecule has 1 aliphatic rings. The number of hydrogen-bond acceptors (Lipinski definition) is 3. The molecule has 5 heteroatoms. The molecule has 1 aliphatic carbocycles. The van der Waals surface area contributed by atoms with Crippen LogP contribution in [0.15, 0.2) is 22.7 Å². The van der Waals surface area contributed by atoms with Gasteiger partial charge in [-0.15, -0.1) is 0 Å². The minimum Gasteiger partial charge on any atom is -0.372 e. The van der Waals surface area contributed by atoms with E-state index in [1.165, 1.54) is 12.1 Å². The molecule has 1 heterocycles. The number of halogens is 2. The number of nitrogens with one attached hydrogen (secondary N) is 1. The Labute approximate surface area is 125 Å². The number of aromatic nitrogens is 2. The molecule has 3 rings (SSSR count). The summed E-state index contributed by atoms with van der Waals surface area (Å²) in [6.45, 7) is 1.94. The van der Waals surface area contributed by atoms with Crippen molar-refractivity contribution in [3.63, 3.8) is 0 Å². The fourth-order valence-electron chi connectivity index (χ4n) is 2.21. The van der Waals surface area contributed by atoms with E-state index < -0.39 is 0 Å². The summed E-state index contributed by atoms with van der Waals surface area (Å²) in [6.07, 6.45) is 2.31. The first-order chi connectivity index (χ1) is 9.60. The minimum atomic E-state index is -0.268. The lowest BCUT2D eigenvalue weighted by Gasteiger charge is -2.12. The SMILES string of the molecule is CNc1nc(-c2cc(F)ccc2C)nc(C2CC2)c1Br. The van der Waals surface area contributed by atoms with Gasteiger partial charge in [0.2, 0.25) is 0 Å². The van der Waals surface area contributed by atoms with Crippen LogP contribution in [0.3, 0.4) is 0 Å². The molecule has 0 aliphatic heterocycles. The van der Waals surface area contributed by atoms with Gasteiger partial charge in [0.15, 0.2) is 5.82 Å². The molecule has 0 amide bonds. The molecule has 1 N–H and O–H groups in total. The fraction of sp³-hybridized carbons (Fsp3) is 0.333. The van der Waals surface area contributed by atoms with Crippen LogP contribution in [0.4, 0.5) is 10.2 Å². The molecular formula is C15H15BrFN3. The molecule has 0 saturated heterocycles. The van der Waals surface area contributed by atoms with Crippen LogP contribution in [-0.4, -0.2) is 17.0 Å². The standard InChI is InChI=1S/C15H15BrFN3/c1-8-3-6-10(17)7-11(8)14-19-13(9-4-5-9)12(16)15(18-2)20-14/h3,6-7,9H,4-5H2,1-2H3,(H,18,19,20). The van der Waals surface area contributed by atoms with E-state index in [9.17, 15) is 4.39 Å². The quantitative estimate of drug-likeness (QED) is 0.909. The number of anilines is 1. The molecule has 3 nitrogen and oxygen atoms in total. The van der Waals surface area contributed by atoms with Crippen molar-refractivity contribution in [1.82, 2.24) is 9.97 Å². The summed E-state index contributed by atoms with van der Waals surface area (Å²) in [4.78, 5) is 9.15. The van der Waals surface area contributed by atoms with Crippen molar-refractivity contribution in [3.05, 3.63) is 39.7 Å². The first-order valence-corrected chi connectivity index (χ1v) is 7.41.